The van der Waals surface area contributed by atoms with Crippen LogP contribution in [0.4, 0.5) is 4.79 Å². The smallest absolute Gasteiger partial charge is 0.314 e. The maximum Gasteiger partial charge on any atom is 0.314 e. The number of nitrogens with one attached hydrogen (secondary N) is 2. The molecule has 17 heavy (non-hydrogen) atoms. The Morgan fingerprint density at radius 1 is 1.06 bits per heavy atom. The number of carbonyl (C=O) groups excluding carboxylic acids is 1. The summed E-state index contributed by atoms with van der Waals surface area (Å²) in [6.07, 6.45) is 1.79. The molecule has 0 heterocycles. The van der Waals surface area contributed by atoms with Crippen LogP contribution < -0.4 is 10.6 Å². The molecule has 0 spiro atoms. The molecule has 0 radical (unpaired) electrons. The molecule has 0 bridgehead atoms. The molecule has 0 rings (SSSR count). The second kappa shape index (κ2) is 9.28. The molecule has 0 aliphatic carbocycles. The maximum absolute atomic E-state index is 11.5. The second-order valence-electron chi connectivity index (χ2n) is 5.49. The van der Waals surface area contributed by atoms with Gasteiger partial charge >= 0.3 is 6.03 Å². The monoisotopic (exact) mass is 244 g/mol. The fraction of sp³-hybridized carbons (Fsp3) is 0.923. The lowest BCUT2D eigenvalue weighted by Crippen LogP contribution is -2.40. The van der Waals surface area contributed by atoms with Gasteiger partial charge in [-0.2, -0.15) is 0 Å². The summed E-state index contributed by atoms with van der Waals surface area (Å²) in [5.74, 6) is 1.42. The lowest BCUT2D eigenvalue weighted by molar-refractivity contribution is 0.224. The van der Waals surface area contributed by atoms with E-state index in [1.807, 2.05) is 0 Å². The molecule has 0 aromatic rings. The molecule has 4 heteroatoms. The quantitative estimate of drug-likeness (QED) is 0.611. The number of carbonyl (C=O) groups is 1. The number of amides is 2. The zero-order chi connectivity index (χ0) is 13.3. The van der Waals surface area contributed by atoms with E-state index in [-0.39, 0.29) is 12.6 Å². The van der Waals surface area contributed by atoms with E-state index in [1.54, 1.807) is 0 Å². The molecule has 0 aromatic carbocycles. The summed E-state index contributed by atoms with van der Waals surface area (Å²) in [6, 6.07) is -0.106. The van der Waals surface area contributed by atoms with Crippen LogP contribution in [0.1, 0.15) is 40.5 Å². The van der Waals surface area contributed by atoms with Crippen molar-refractivity contribution >= 4 is 6.03 Å². The third kappa shape index (κ3) is 10.1. The zero-order valence-electron chi connectivity index (χ0n) is 11.6. The number of aliphatic hydroxyl groups excluding tert-OH is 1. The van der Waals surface area contributed by atoms with E-state index in [0.29, 0.717) is 30.8 Å². The number of hydrogen-bond donors (Lipinski definition) is 3. The summed E-state index contributed by atoms with van der Waals surface area (Å²) >= 11 is 0. The van der Waals surface area contributed by atoms with Gasteiger partial charge in [0.05, 0.1) is 0 Å². The predicted molar refractivity (Wildman–Crippen MR) is 70.9 cm³/mol. The van der Waals surface area contributed by atoms with Crippen LogP contribution in [0.25, 0.3) is 0 Å². The zero-order valence-corrected chi connectivity index (χ0v) is 11.6. The van der Waals surface area contributed by atoms with Crippen molar-refractivity contribution in [2.75, 3.05) is 19.7 Å². The Kier molecular flexibility index (Phi) is 8.86. The molecule has 102 valence electrons. The Bertz CT molecular complexity index is 206. The molecular formula is C13H28N2O2. The Balaban J connectivity index is 3.82. The molecule has 1 atom stereocenters. The summed E-state index contributed by atoms with van der Waals surface area (Å²) < 4.78 is 0. The fourth-order valence-electron chi connectivity index (χ4n) is 1.75. The van der Waals surface area contributed by atoms with Crippen LogP contribution in [0.15, 0.2) is 0 Å². The molecule has 3 N–H and O–H groups in total. The minimum atomic E-state index is -0.106. The van der Waals surface area contributed by atoms with Gasteiger partial charge in [-0.1, -0.05) is 27.7 Å². The molecule has 0 aliphatic rings. The second-order valence-corrected chi connectivity index (χ2v) is 5.49. The van der Waals surface area contributed by atoms with Crippen molar-refractivity contribution in [1.29, 1.82) is 0 Å². The van der Waals surface area contributed by atoms with Gasteiger partial charge in [0.25, 0.3) is 0 Å². The van der Waals surface area contributed by atoms with Crippen LogP contribution in [0.3, 0.4) is 0 Å². The first-order chi connectivity index (χ1) is 7.95. The highest BCUT2D eigenvalue weighted by atomic mass is 16.3. The topological polar surface area (TPSA) is 61.4 Å². The van der Waals surface area contributed by atoms with Gasteiger partial charge in [-0.3, -0.25) is 0 Å². The lowest BCUT2D eigenvalue weighted by Gasteiger charge is -2.19. The van der Waals surface area contributed by atoms with Crippen molar-refractivity contribution in [3.8, 4) is 0 Å². The van der Waals surface area contributed by atoms with E-state index >= 15 is 0 Å². The molecule has 2 amide bonds. The summed E-state index contributed by atoms with van der Waals surface area (Å²) in [5, 5.41) is 14.7. The third-order valence-corrected chi connectivity index (χ3v) is 2.56. The van der Waals surface area contributed by atoms with E-state index in [1.165, 1.54) is 0 Å². The maximum atomic E-state index is 11.5. The summed E-state index contributed by atoms with van der Waals surface area (Å²) in [6.45, 7) is 9.96. The Labute approximate surface area is 105 Å². The van der Waals surface area contributed by atoms with Gasteiger partial charge in [-0.25, -0.2) is 4.79 Å². The molecule has 0 aromatic heterocycles. The Hall–Kier alpha value is -0.770. The van der Waals surface area contributed by atoms with E-state index in [4.69, 9.17) is 5.11 Å². The largest absolute Gasteiger partial charge is 0.396 e. The van der Waals surface area contributed by atoms with Gasteiger partial charge in [0.15, 0.2) is 0 Å². The third-order valence-electron chi connectivity index (χ3n) is 2.56. The predicted octanol–water partition coefficient (Wildman–Crippen LogP) is 1.99. The summed E-state index contributed by atoms with van der Waals surface area (Å²) in [5.41, 5.74) is 0. The highest BCUT2D eigenvalue weighted by molar-refractivity contribution is 5.73. The molecule has 0 fully saturated rings. The van der Waals surface area contributed by atoms with Crippen molar-refractivity contribution in [3.05, 3.63) is 0 Å². The first-order valence-corrected chi connectivity index (χ1v) is 6.58. The highest BCUT2D eigenvalue weighted by Gasteiger charge is 2.11. The lowest BCUT2D eigenvalue weighted by atomic mass is 9.94. The highest BCUT2D eigenvalue weighted by Crippen LogP contribution is 2.14. The minimum Gasteiger partial charge on any atom is -0.396 e. The van der Waals surface area contributed by atoms with Crippen molar-refractivity contribution in [3.63, 3.8) is 0 Å². The molecule has 0 saturated carbocycles. The van der Waals surface area contributed by atoms with Gasteiger partial charge in [0.1, 0.15) is 0 Å². The van der Waals surface area contributed by atoms with Crippen molar-refractivity contribution in [2.24, 2.45) is 17.8 Å². The fourth-order valence-corrected chi connectivity index (χ4v) is 1.75. The van der Waals surface area contributed by atoms with Gasteiger partial charge in [0, 0.05) is 19.7 Å². The minimum absolute atomic E-state index is 0.106. The van der Waals surface area contributed by atoms with Crippen LogP contribution in [-0.4, -0.2) is 30.8 Å². The molecule has 4 nitrogen and oxygen atoms in total. The average Bonchev–Trinajstić information content (AvgIpc) is 2.22. The van der Waals surface area contributed by atoms with Crippen LogP contribution >= 0.6 is 0 Å². The van der Waals surface area contributed by atoms with Crippen molar-refractivity contribution in [1.82, 2.24) is 10.6 Å². The van der Waals surface area contributed by atoms with Crippen LogP contribution in [0.2, 0.25) is 0 Å². The average molecular weight is 244 g/mol. The molecule has 0 aliphatic heterocycles. The molecule has 1 unspecified atom stereocenters. The summed E-state index contributed by atoms with van der Waals surface area (Å²) in [7, 11) is 0. The number of rotatable bonds is 8. The SMILES string of the molecule is CC(C)CNC(=O)NCC(CCO)CC(C)C. The number of aliphatic hydroxyl groups is 1. The van der Waals surface area contributed by atoms with E-state index < -0.39 is 0 Å². The standard InChI is InChI=1S/C13H28N2O2/c1-10(2)7-12(5-6-16)9-15-13(17)14-8-11(3)4/h10-12,16H,5-9H2,1-4H3,(H2,14,15,17). The van der Waals surface area contributed by atoms with Gasteiger partial charge in [-0.05, 0) is 30.6 Å². The molecular weight excluding hydrogens is 216 g/mol. The molecule has 0 saturated heterocycles. The summed E-state index contributed by atoms with van der Waals surface area (Å²) in [4.78, 5) is 11.5. The van der Waals surface area contributed by atoms with E-state index in [9.17, 15) is 4.79 Å². The number of urea groups is 1. The first kappa shape index (κ1) is 16.2. The van der Waals surface area contributed by atoms with E-state index in [2.05, 4.69) is 38.3 Å². The van der Waals surface area contributed by atoms with Gasteiger partial charge in [-0.15, -0.1) is 0 Å². The van der Waals surface area contributed by atoms with Crippen LogP contribution in [0.5, 0.6) is 0 Å². The van der Waals surface area contributed by atoms with Crippen LogP contribution in [0, 0.1) is 17.8 Å². The normalized spacial score (nSPS) is 12.9. The number of hydrogen-bond acceptors (Lipinski definition) is 2. The first-order valence-electron chi connectivity index (χ1n) is 6.58. The van der Waals surface area contributed by atoms with E-state index in [0.717, 1.165) is 12.8 Å². The Morgan fingerprint density at radius 3 is 2.12 bits per heavy atom. The van der Waals surface area contributed by atoms with Crippen LogP contribution in [-0.2, 0) is 0 Å². The van der Waals surface area contributed by atoms with Gasteiger partial charge in [0.2, 0.25) is 0 Å². The Morgan fingerprint density at radius 2 is 1.65 bits per heavy atom. The van der Waals surface area contributed by atoms with Crippen molar-refractivity contribution < 1.29 is 9.90 Å². The van der Waals surface area contributed by atoms with Gasteiger partial charge < -0.3 is 15.7 Å². The van der Waals surface area contributed by atoms with Crippen molar-refractivity contribution in [2.45, 2.75) is 40.5 Å².